The van der Waals surface area contributed by atoms with Crippen molar-refractivity contribution in [2.45, 2.75) is 52.2 Å². The van der Waals surface area contributed by atoms with Crippen molar-refractivity contribution in [3.8, 4) is 0 Å². The molecule has 2 aromatic heterocycles. The minimum Gasteiger partial charge on any atom is -0.476 e. The fourth-order valence-corrected chi connectivity index (χ4v) is 4.58. The van der Waals surface area contributed by atoms with Crippen LogP contribution in [0, 0.1) is 0 Å². The highest BCUT2D eigenvalue weighted by molar-refractivity contribution is 7.13. The van der Waals surface area contributed by atoms with Gasteiger partial charge in [-0.2, -0.15) is 0 Å². The highest BCUT2D eigenvalue weighted by atomic mass is 35.5. The third kappa shape index (κ3) is 8.77. The summed E-state index contributed by atoms with van der Waals surface area (Å²) in [4.78, 5) is 39.9. The molecule has 0 aliphatic heterocycles. The number of nitrogen functional groups attached to an aromatic ring is 1. The van der Waals surface area contributed by atoms with Crippen LogP contribution in [0.5, 0.6) is 0 Å². The molecule has 0 saturated carbocycles. The number of aromatic nitrogens is 2. The predicted molar refractivity (Wildman–Crippen MR) is 158 cm³/mol. The van der Waals surface area contributed by atoms with Crippen LogP contribution in [-0.2, 0) is 19.2 Å². The monoisotopic (exact) mass is 590 g/mol. The standard InChI is InChI=1S/C27H35ClN6O5S/c1-5-34(12-6-7-17(2)31-20-10-11-30-21-15-18(28)8-9-19(20)21)13-14-38-25(37)27(3,4)39-33-23(24(35)36)22-16-40-26(29)32-22/h8-11,15-17H,5-7,12-14H2,1-4H3,(H2,29,32)(H,30,31)(H,35,36)/b33-23-. The van der Waals surface area contributed by atoms with E-state index in [0.29, 0.717) is 11.6 Å². The van der Waals surface area contributed by atoms with Gasteiger partial charge in [0.2, 0.25) is 11.3 Å². The van der Waals surface area contributed by atoms with Crippen LogP contribution < -0.4 is 11.1 Å². The molecular formula is C27H35ClN6O5S. The van der Waals surface area contributed by atoms with Crippen molar-refractivity contribution in [3.05, 3.63) is 46.6 Å². The maximum atomic E-state index is 12.6. The number of nitrogens with one attached hydrogen (secondary N) is 1. The molecule has 216 valence electrons. The molecule has 1 aromatic carbocycles. The average molecular weight is 591 g/mol. The molecule has 2 heterocycles. The van der Waals surface area contributed by atoms with Crippen molar-refractivity contribution in [2.75, 3.05) is 37.3 Å². The lowest BCUT2D eigenvalue weighted by Gasteiger charge is -2.24. The number of carbonyl (C=O) groups excluding carboxylic acids is 1. The number of rotatable bonds is 15. The normalized spacial score (nSPS) is 12.9. The smallest absolute Gasteiger partial charge is 0.360 e. The number of anilines is 2. The van der Waals surface area contributed by atoms with E-state index in [1.54, 1.807) is 6.20 Å². The third-order valence-corrected chi connectivity index (χ3v) is 7.04. The summed E-state index contributed by atoms with van der Waals surface area (Å²) < 4.78 is 5.41. The first-order valence-corrected chi connectivity index (χ1v) is 14.2. The number of benzene rings is 1. The Balaban J connectivity index is 1.43. The van der Waals surface area contributed by atoms with Gasteiger partial charge in [0.15, 0.2) is 5.13 Å². The number of esters is 1. The number of pyridine rings is 1. The lowest BCUT2D eigenvalue weighted by molar-refractivity contribution is -0.168. The van der Waals surface area contributed by atoms with Gasteiger partial charge in [-0.3, -0.25) is 4.98 Å². The maximum absolute atomic E-state index is 12.6. The summed E-state index contributed by atoms with van der Waals surface area (Å²) in [6.45, 7) is 9.48. The quantitative estimate of drug-likeness (QED) is 0.129. The number of likely N-dealkylation sites (N-methyl/N-ethyl adjacent to an activating group) is 1. The largest absolute Gasteiger partial charge is 0.476 e. The van der Waals surface area contributed by atoms with Crippen molar-refractivity contribution in [1.82, 2.24) is 14.9 Å². The van der Waals surface area contributed by atoms with Crippen LogP contribution >= 0.6 is 22.9 Å². The molecule has 0 aliphatic carbocycles. The lowest BCUT2D eigenvalue weighted by Crippen LogP contribution is -2.38. The van der Waals surface area contributed by atoms with Crippen molar-refractivity contribution in [1.29, 1.82) is 0 Å². The van der Waals surface area contributed by atoms with Gasteiger partial charge in [-0.15, -0.1) is 11.3 Å². The highest BCUT2D eigenvalue weighted by Gasteiger charge is 2.33. The van der Waals surface area contributed by atoms with E-state index in [2.05, 4.69) is 39.2 Å². The van der Waals surface area contributed by atoms with Gasteiger partial charge < -0.3 is 30.6 Å². The lowest BCUT2D eigenvalue weighted by atomic mass is 10.1. The molecule has 1 atom stereocenters. The minimum absolute atomic E-state index is 0.0568. The molecule has 0 fully saturated rings. The second-order valence-corrected chi connectivity index (χ2v) is 11.0. The van der Waals surface area contributed by atoms with Gasteiger partial charge in [0.1, 0.15) is 12.3 Å². The van der Waals surface area contributed by atoms with Gasteiger partial charge in [0.25, 0.3) is 0 Å². The van der Waals surface area contributed by atoms with Crippen LogP contribution in [0.2, 0.25) is 5.02 Å². The molecule has 11 nitrogen and oxygen atoms in total. The van der Waals surface area contributed by atoms with E-state index in [4.69, 9.17) is 26.9 Å². The second-order valence-electron chi connectivity index (χ2n) is 9.70. The van der Waals surface area contributed by atoms with Crippen molar-refractivity contribution in [3.63, 3.8) is 0 Å². The first-order chi connectivity index (χ1) is 19.0. The van der Waals surface area contributed by atoms with Crippen LogP contribution in [0.4, 0.5) is 10.8 Å². The molecule has 0 radical (unpaired) electrons. The summed E-state index contributed by atoms with van der Waals surface area (Å²) in [5, 5.41) is 20.0. The molecular weight excluding hydrogens is 556 g/mol. The van der Waals surface area contributed by atoms with Crippen molar-refractivity contribution in [2.24, 2.45) is 5.16 Å². The third-order valence-electron chi connectivity index (χ3n) is 6.13. The molecule has 40 heavy (non-hydrogen) atoms. The Morgan fingerprint density at radius 3 is 2.75 bits per heavy atom. The van der Waals surface area contributed by atoms with Crippen LogP contribution in [-0.4, -0.2) is 75.5 Å². The van der Waals surface area contributed by atoms with Crippen LogP contribution in [0.3, 0.4) is 0 Å². The number of carboxylic acids is 1. The fourth-order valence-electron chi connectivity index (χ4n) is 3.86. The molecule has 13 heteroatoms. The number of hydrogen-bond acceptors (Lipinski definition) is 11. The van der Waals surface area contributed by atoms with E-state index in [1.807, 2.05) is 24.3 Å². The van der Waals surface area contributed by atoms with Gasteiger partial charge in [-0.25, -0.2) is 14.6 Å². The molecule has 3 aromatic rings. The van der Waals surface area contributed by atoms with Gasteiger partial charge in [-0.05, 0) is 71.0 Å². The maximum Gasteiger partial charge on any atom is 0.360 e. The Bertz CT molecular complexity index is 1350. The number of halogens is 1. The van der Waals surface area contributed by atoms with Gasteiger partial charge in [0, 0.05) is 40.3 Å². The number of thiazole rings is 1. The Hall–Kier alpha value is -3.48. The van der Waals surface area contributed by atoms with E-state index < -0.39 is 23.3 Å². The molecule has 0 amide bonds. The molecule has 1 unspecified atom stereocenters. The van der Waals surface area contributed by atoms with E-state index in [9.17, 15) is 14.7 Å². The number of fused-ring (bicyclic) bond motifs is 1. The number of nitrogens with zero attached hydrogens (tertiary/aromatic N) is 4. The first kappa shape index (κ1) is 31.1. The predicted octanol–water partition coefficient (Wildman–Crippen LogP) is 4.66. The summed E-state index contributed by atoms with van der Waals surface area (Å²) in [6, 6.07) is 7.90. The van der Waals surface area contributed by atoms with Gasteiger partial charge in [-0.1, -0.05) is 23.7 Å². The van der Waals surface area contributed by atoms with Gasteiger partial charge >= 0.3 is 11.9 Å². The summed E-state index contributed by atoms with van der Waals surface area (Å²) in [5.74, 6) is -2.00. The number of nitrogens with two attached hydrogens (primary N) is 1. The van der Waals surface area contributed by atoms with Crippen LogP contribution in [0.25, 0.3) is 10.9 Å². The number of ether oxygens (including phenoxy) is 1. The molecule has 3 rings (SSSR count). The summed E-state index contributed by atoms with van der Waals surface area (Å²) >= 11 is 7.17. The number of oxime groups is 1. The minimum atomic E-state index is -1.50. The number of hydrogen-bond donors (Lipinski definition) is 3. The zero-order valence-electron chi connectivity index (χ0n) is 23.0. The summed E-state index contributed by atoms with van der Waals surface area (Å²) in [6.07, 6.45) is 3.67. The molecule has 0 aliphatic rings. The SMILES string of the molecule is CCN(CCCC(C)Nc1ccnc2cc(Cl)ccc12)CCOC(=O)C(C)(C)O/N=C(\C(=O)O)c1csc(N)n1. The topological polar surface area (TPSA) is 152 Å². The van der Waals surface area contributed by atoms with Crippen LogP contribution in [0.1, 0.15) is 46.2 Å². The average Bonchev–Trinajstić information content (AvgIpc) is 3.33. The fraction of sp³-hybridized carbons (Fsp3) is 0.444. The Labute approximate surface area is 242 Å². The van der Waals surface area contributed by atoms with E-state index in [-0.39, 0.29) is 23.5 Å². The first-order valence-electron chi connectivity index (χ1n) is 12.9. The van der Waals surface area contributed by atoms with Crippen molar-refractivity contribution < 1.29 is 24.3 Å². The molecule has 0 spiro atoms. The van der Waals surface area contributed by atoms with Crippen molar-refractivity contribution >= 4 is 62.3 Å². The molecule has 0 bridgehead atoms. The highest BCUT2D eigenvalue weighted by Crippen LogP contribution is 2.25. The molecule has 4 N–H and O–H groups in total. The zero-order valence-corrected chi connectivity index (χ0v) is 24.6. The number of carboxylic acid groups (broad SMARTS) is 1. The van der Waals surface area contributed by atoms with E-state index >= 15 is 0 Å². The van der Waals surface area contributed by atoms with Crippen LogP contribution in [0.15, 0.2) is 41.0 Å². The summed E-state index contributed by atoms with van der Waals surface area (Å²) in [5.41, 5.74) is 5.55. The van der Waals surface area contributed by atoms with E-state index in [0.717, 1.165) is 53.9 Å². The summed E-state index contributed by atoms with van der Waals surface area (Å²) in [7, 11) is 0. The number of carbonyl (C=O) groups is 2. The van der Waals surface area contributed by atoms with E-state index in [1.165, 1.54) is 19.2 Å². The Morgan fingerprint density at radius 1 is 1.30 bits per heavy atom. The van der Waals surface area contributed by atoms with Gasteiger partial charge in [0.05, 0.1) is 5.52 Å². The Morgan fingerprint density at radius 2 is 2.08 bits per heavy atom. The number of aliphatic carboxylic acids is 1. The second kappa shape index (κ2) is 14.2. The zero-order chi connectivity index (χ0) is 29.3. The Kier molecular flexibility index (Phi) is 11.1. The molecule has 0 saturated heterocycles.